The quantitative estimate of drug-likeness (QED) is 0.265. The molecule has 3 heterocycles. The van der Waals surface area contributed by atoms with Gasteiger partial charge in [-0.2, -0.15) is 0 Å². The van der Waals surface area contributed by atoms with E-state index in [1.54, 1.807) is 0 Å². The highest BCUT2D eigenvalue weighted by Crippen LogP contribution is 2.37. The summed E-state index contributed by atoms with van der Waals surface area (Å²) in [5, 5.41) is 14.0. The normalized spacial score (nSPS) is 11.8. The van der Waals surface area contributed by atoms with E-state index in [1.165, 1.54) is 5.56 Å². The van der Waals surface area contributed by atoms with Gasteiger partial charge in [-0.15, -0.1) is 0 Å². The molecule has 0 atom stereocenters. The molecule has 184 valence electrons. The second-order valence-electron chi connectivity index (χ2n) is 10.1. The molecule has 6 rings (SSSR count). The summed E-state index contributed by atoms with van der Waals surface area (Å²) in [6, 6.07) is 26.4. The van der Waals surface area contributed by atoms with Crippen molar-refractivity contribution in [3.05, 3.63) is 96.2 Å². The fraction of sp³-hybridized carbons (Fsp3) is 0.188. The van der Waals surface area contributed by atoms with Gasteiger partial charge in [0.15, 0.2) is 0 Å². The number of pyridine rings is 2. The molecule has 0 aliphatic rings. The summed E-state index contributed by atoms with van der Waals surface area (Å²) in [6.45, 7) is 8.49. The highest BCUT2D eigenvalue weighted by Gasteiger charge is 2.16. The summed E-state index contributed by atoms with van der Waals surface area (Å²) in [5.41, 5.74) is 4.77. The van der Waals surface area contributed by atoms with Gasteiger partial charge in [-0.25, -0.2) is 9.97 Å². The average Bonchev–Trinajstić information content (AvgIpc) is 3.22. The lowest BCUT2D eigenvalue weighted by atomic mass is 10.00. The van der Waals surface area contributed by atoms with E-state index in [0.717, 1.165) is 38.6 Å². The third-order valence-corrected chi connectivity index (χ3v) is 7.00. The van der Waals surface area contributed by atoms with Crippen molar-refractivity contribution in [3.63, 3.8) is 0 Å². The molecular weight excluding hydrogens is 458 g/mol. The Morgan fingerprint density at radius 1 is 0.784 bits per heavy atom. The van der Waals surface area contributed by atoms with Crippen molar-refractivity contribution in [3.8, 4) is 23.2 Å². The van der Waals surface area contributed by atoms with Crippen LogP contribution in [0.3, 0.4) is 0 Å². The molecule has 3 aromatic carbocycles. The Hall–Kier alpha value is -4.38. The number of hydrogen-bond donors (Lipinski definition) is 1. The molecule has 0 saturated heterocycles. The number of benzene rings is 3. The standard InChI is InChI=1S/C32H29N3O2/c1-19(2)22-15-16-33-29(17-22)35-27-8-6-5-7-25(27)26-13-11-23(18-28(26)35)37-30-14-10-21-9-12-24(20(3)4)32(36)31(21)34-30/h5-20,36H,1-4H3. The molecule has 0 bridgehead atoms. The number of rotatable bonds is 5. The third-order valence-electron chi connectivity index (χ3n) is 7.00. The number of ether oxygens (including phenoxy) is 1. The highest BCUT2D eigenvalue weighted by atomic mass is 16.5. The van der Waals surface area contributed by atoms with Crippen molar-refractivity contribution < 1.29 is 9.84 Å². The molecule has 0 saturated carbocycles. The number of aromatic nitrogens is 3. The molecule has 0 amide bonds. The van der Waals surface area contributed by atoms with E-state index in [4.69, 9.17) is 9.72 Å². The van der Waals surface area contributed by atoms with Gasteiger partial charge in [0.05, 0.1) is 11.0 Å². The number of aromatic hydroxyl groups is 1. The SMILES string of the molecule is CC(C)c1ccnc(-n2c3ccccc3c3ccc(Oc4ccc5ccc(C(C)C)c(O)c5n4)cc32)c1. The maximum atomic E-state index is 10.8. The fourth-order valence-corrected chi connectivity index (χ4v) is 4.99. The lowest BCUT2D eigenvalue weighted by Gasteiger charge is -2.12. The van der Waals surface area contributed by atoms with E-state index in [0.29, 0.717) is 23.1 Å². The molecule has 5 nitrogen and oxygen atoms in total. The topological polar surface area (TPSA) is 60.2 Å². The molecule has 37 heavy (non-hydrogen) atoms. The molecule has 0 radical (unpaired) electrons. The molecule has 1 N–H and O–H groups in total. The van der Waals surface area contributed by atoms with Gasteiger partial charge in [-0.05, 0) is 59.4 Å². The van der Waals surface area contributed by atoms with Crippen molar-refractivity contribution in [2.45, 2.75) is 39.5 Å². The third kappa shape index (κ3) is 3.97. The van der Waals surface area contributed by atoms with Gasteiger partial charge >= 0.3 is 0 Å². The average molecular weight is 488 g/mol. The number of phenolic OH excluding ortho intramolecular Hbond substituents is 1. The van der Waals surface area contributed by atoms with Gasteiger partial charge in [0.25, 0.3) is 0 Å². The molecule has 0 aliphatic heterocycles. The summed E-state index contributed by atoms with van der Waals surface area (Å²) >= 11 is 0. The van der Waals surface area contributed by atoms with E-state index in [9.17, 15) is 5.11 Å². The number of phenols is 1. The van der Waals surface area contributed by atoms with Crippen LogP contribution >= 0.6 is 0 Å². The first-order valence-corrected chi connectivity index (χ1v) is 12.7. The summed E-state index contributed by atoms with van der Waals surface area (Å²) < 4.78 is 8.44. The zero-order valence-electron chi connectivity index (χ0n) is 21.4. The summed E-state index contributed by atoms with van der Waals surface area (Å²) in [6.07, 6.45) is 1.88. The molecular formula is C32H29N3O2. The van der Waals surface area contributed by atoms with Crippen LogP contribution in [0.15, 0.2) is 85.1 Å². The first kappa shape index (κ1) is 23.0. The van der Waals surface area contributed by atoms with E-state index < -0.39 is 0 Å². The van der Waals surface area contributed by atoms with Crippen LogP contribution in [-0.2, 0) is 0 Å². The lowest BCUT2D eigenvalue weighted by molar-refractivity contribution is 0.457. The van der Waals surface area contributed by atoms with Gasteiger partial charge in [-0.3, -0.25) is 4.57 Å². The molecule has 5 heteroatoms. The van der Waals surface area contributed by atoms with Crippen molar-refractivity contribution in [2.75, 3.05) is 0 Å². The minimum Gasteiger partial charge on any atom is -0.505 e. The minimum atomic E-state index is 0.197. The van der Waals surface area contributed by atoms with Crippen LogP contribution in [0.4, 0.5) is 0 Å². The van der Waals surface area contributed by atoms with E-state index in [1.807, 2.05) is 42.6 Å². The molecule has 0 fully saturated rings. The molecule has 0 unspecified atom stereocenters. The second-order valence-corrected chi connectivity index (χ2v) is 10.1. The van der Waals surface area contributed by atoms with E-state index in [-0.39, 0.29) is 11.7 Å². The van der Waals surface area contributed by atoms with Gasteiger partial charge in [-0.1, -0.05) is 58.0 Å². The van der Waals surface area contributed by atoms with Crippen LogP contribution in [-0.4, -0.2) is 19.6 Å². The van der Waals surface area contributed by atoms with Gasteiger partial charge in [0.1, 0.15) is 22.8 Å². The van der Waals surface area contributed by atoms with Crippen LogP contribution in [0.25, 0.3) is 38.5 Å². The Balaban J connectivity index is 1.48. The molecule has 0 spiro atoms. The predicted octanol–water partition coefficient (Wildman–Crippen LogP) is 8.47. The highest BCUT2D eigenvalue weighted by molar-refractivity contribution is 6.09. The Bertz CT molecular complexity index is 1780. The van der Waals surface area contributed by atoms with E-state index in [2.05, 4.69) is 79.7 Å². The smallest absolute Gasteiger partial charge is 0.219 e. The first-order chi connectivity index (χ1) is 17.9. The Labute approximate surface area is 216 Å². The number of hydrogen-bond acceptors (Lipinski definition) is 4. The lowest BCUT2D eigenvalue weighted by Crippen LogP contribution is -1.99. The van der Waals surface area contributed by atoms with Crippen LogP contribution in [0.1, 0.15) is 50.7 Å². The number of fused-ring (bicyclic) bond motifs is 4. The molecule has 3 aromatic heterocycles. The van der Waals surface area contributed by atoms with Crippen LogP contribution in [0.2, 0.25) is 0 Å². The Kier molecular flexibility index (Phi) is 5.56. The van der Waals surface area contributed by atoms with Crippen LogP contribution in [0.5, 0.6) is 17.4 Å². The molecule has 0 aliphatic carbocycles. The second kappa shape index (κ2) is 8.93. The number of para-hydroxylation sites is 1. The maximum absolute atomic E-state index is 10.8. The van der Waals surface area contributed by atoms with Gasteiger partial charge < -0.3 is 9.84 Å². The Morgan fingerprint density at radius 3 is 2.38 bits per heavy atom. The number of nitrogens with zero attached hydrogens (tertiary/aromatic N) is 3. The zero-order chi connectivity index (χ0) is 25.7. The van der Waals surface area contributed by atoms with Crippen LogP contribution in [0, 0.1) is 0 Å². The molecule has 6 aromatic rings. The van der Waals surface area contributed by atoms with Gasteiger partial charge in [0, 0.05) is 34.5 Å². The minimum absolute atomic E-state index is 0.197. The fourth-order valence-electron chi connectivity index (χ4n) is 4.99. The van der Waals surface area contributed by atoms with Crippen molar-refractivity contribution >= 4 is 32.7 Å². The van der Waals surface area contributed by atoms with Crippen LogP contribution < -0.4 is 4.74 Å². The monoisotopic (exact) mass is 487 g/mol. The van der Waals surface area contributed by atoms with Crippen molar-refractivity contribution in [1.82, 2.24) is 14.5 Å². The Morgan fingerprint density at radius 2 is 1.57 bits per heavy atom. The van der Waals surface area contributed by atoms with Crippen molar-refractivity contribution in [2.24, 2.45) is 0 Å². The summed E-state index contributed by atoms with van der Waals surface area (Å²) in [7, 11) is 0. The van der Waals surface area contributed by atoms with E-state index >= 15 is 0 Å². The zero-order valence-corrected chi connectivity index (χ0v) is 21.4. The largest absolute Gasteiger partial charge is 0.505 e. The summed E-state index contributed by atoms with van der Waals surface area (Å²) in [4.78, 5) is 9.38. The predicted molar refractivity (Wildman–Crippen MR) is 150 cm³/mol. The van der Waals surface area contributed by atoms with Crippen molar-refractivity contribution in [1.29, 1.82) is 0 Å². The summed E-state index contributed by atoms with van der Waals surface area (Å²) in [5.74, 6) is 2.80. The van der Waals surface area contributed by atoms with Gasteiger partial charge in [0.2, 0.25) is 5.88 Å². The maximum Gasteiger partial charge on any atom is 0.219 e. The first-order valence-electron chi connectivity index (χ1n) is 12.7.